The van der Waals surface area contributed by atoms with Gasteiger partial charge in [0.1, 0.15) is 5.82 Å². The predicted octanol–water partition coefficient (Wildman–Crippen LogP) is 3.23. The van der Waals surface area contributed by atoms with E-state index in [9.17, 15) is 9.18 Å². The second-order valence-electron chi connectivity index (χ2n) is 4.75. The molecule has 0 saturated heterocycles. The van der Waals surface area contributed by atoms with Crippen LogP contribution in [0.15, 0.2) is 18.2 Å². The molecule has 0 spiro atoms. The van der Waals surface area contributed by atoms with Crippen molar-refractivity contribution in [2.75, 3.05) is 6.61 Å². The van der Waals surface area contributed by atoms with Gasteiger partial charge in [0.25, 0.3) is 0 Å². The average Bonchev–Trinajstić information content (AvgIpc) is 2.28. The third-order valence-corrected chi connectivity index (χ3v) is 3.45. The normalized spacial score (nSPS) is 15.4. The lowest BCUT2D eigenvalue weighted by Crippen LogP contribution is -2.13. The fraction of sp³-hybridized carbons (Fsp3) is 0.500. The molecule has 0 amide bonds. The summed E-state index contributed by atoms with van der Waals surface area (Å²) in [6.07, 6.45) is 4.86. The Morgan fingerprint density at radius 1 is 1.44 bits per heavy atom. The highest BCUT2D eigenvalue weighted by Crippen LogP contribution is 2.29. The Morgan fingerprint density at radius 3 is 2.83 bits per heavy atom. The van der Waals surface area contributed by atoms with Crippen LogP contribution in [-0.4, -0.2) is 17.7 Å². The van der Waals surface area contributed by atoms with Crippen LogP contribution in [0.4, 0.5) is 4.39 Å². The van der Waals surface area contributed by atoms with Crippen molar-refractivity contribution in [2.24, 2.45) is 5.92 Å². The molecule has 1 saturated carbocycles. The third-order valence-electron chi connectivity index (χ3n) is 3.45. The summed E-state index contributed by atoms with van der Waals surface area (Å²) in [4.78, 5) is 10.8. The lowest BCUT2D eigenvalue weighted by atomic mass is 9.83. The molecule has 2 rings (SSSR count). The molecule has 18 heavy (non-hydrogen) atoms. The minimum atomic E-state index is -1.05. The van der Waals surface area contributed by atoms with Crippen LogP contribution in [0.1, 0.15) is 41.6 Å². The highest BCUT2D eigenvalue weighted by atomic mass is 19.1. The number of hydrogen-bond donors (Lipinski definition) is 1. The van der Waals surface area contributed by atoms with Crippen molar-refractivity contribution in [2.45, 2.75) is 32.3 Å². The van der Waals surface area contributed by atoms with E-state index < -0.39 is 11.8 Å². The van der Waals surface area contributed by atoms with E-state index in [1.807, 2.05) is 0 Å². The smallest absolute Gasteiger partial charge is 0.335 e. The van der Waals surface area contributed by atoms with Crippen molar-refractivity contribution in [3.8, 4) is 0 Å². The maximum absolute atomic E-state index is 13.4. The van der Waals surface area contributed by atoms with Crippen molar-refractivity contribution in [3.05, 3.63) is 35.1 Å². The summed E-state index contributed by atoms with van der Waals surface area (Å²) < 4.78 is 18.8. The summed E-state index contributed by atoms with van der Waals surface area (Å²) >= 11 is 0. The summed E-state index contributed by atoms with van der Waals surface area (Å²) in [5.74, 6) is -0.699. The van der Waals surface area contributed by atoms with E-state index in [4.69, 9.17) is 9.84 Å². The number of hydrogen-bond acceptors (Lipinski definition) is 2. The van der Waals surface area contributed by atoms with Crippen LogP contribution in [0.3, 0.4) is 0 Å². The number of benzene rings is 1. The molecule has 1 aliphatic rings. The molecule has 1 aromatic rings. The van der Waals surface area contributed by atoms with Gasteiger partial charge in [-0.15, -0.1) is 0 Å². The SMILES string of the molecule is O=C(O)c1ccc(F)c(COCCC2CCC2)c1. The van der Waals surface area contributed by atoms with E-state index in [1.165, 1.54) is 37.5 Å². The van der Waals surface area contributed by atoms with Gasteiger partial charge in [-0.3, -0.25) is 0 Å². The minimum absolute atomic E-state index is 0.0917. The summed E-state index contributed by atoms with van der Waals surface area (Å²) in [6, 6.07) is 3.77. The number of aromatic carboxylic acids is 1. The highest BCUT2D eigenvalue weighted by molar-refractivity contribution is 5.87. The molecule has 0 heterocycles. The molecule has 1 N–H and O–H groups in total. The van der Waals surface area contributed by atoms with Gasteiger partial charge in [0, 0.05) is 12.2 Å². The van der Waals surface area contributed by atoms with E-state index >= 15 is 0 Å². The Balaban J connectivity index is 1.83. The van der Waals surface area contributed by atoms with Gasteiger partial charge in [0.2, 0.25) is 0 Å². The van der Waals surface area contributed by atoms with Crippen LogP contribution in [-0.2, 0) is 11.3 Å². The van der Waals surface area contributed by atoms with E-state index in [0.29, 0.717) is 12.2 Å². The van der Waals surface area contributed by atoms with Gasteiger partial charge < -0.3 is 9.84 Å². The van der Waals surface area contributed by atoms with Gasteiger partial charge in [-0.2, -0.15) is 0 Å². The zero-order valence-electron chi connectivity index (χ0n) is 10.2. The lowest BCUT2D eigenvalue weighted by Gasteiger charge is -2.24. The van der Waals surface area contributed by atoms with Crippen molar-refractivity contribution in [1.29, 1.82) is 0 Å². The molecule has 0 unspecified atom stereocenters. The second kappa shape index (κ2) is 5.96. The number of carbonyl (C=O) groups is 1. The first-order valence-electron chi connectivity index (χ1n) is 6.26. The maximum atomic E-state index is 13.4. The Labute approximate surface area is 106 Å². The molecule has 1 aromatic carbocycles. The van der Waals surface area contributed by atoms with Gasteiger partial charge in [0.05, 0.1) is 12.2 Å². The standard InChI is InChI=1S/C14H17FO3/c15-13-5-4-11(14(16)17)8-12(13)9-18-7-6-10-2-1-3-10/h4-5,8,10H,1-3,6-7,9H2,(H,16,17). The minimum Gasteiger partial charge on any atom is -0.478 e. The number of carboxylic acids is 1. The molecule has 0 aliphatic heterocycles. The molecule has 98 valence electrons. The number of halogens is 1. The summed E-state index contributed by atoms with van der Waals surface area (Å²) in [7, 11) is 0. The molecule has 0 radical (unpaired) electrons. The summed E-state index contributed by atoms with van der Waals surface area (Å²) in [5.41, 5.74) is 0.400. The van der Waals surface area contributed by atoms with Crippen LogP contribution in [0.25, 0.3) is 0 Å². The van der Waals surface area contributed by atoms with Gasteiger partial charge in [0.15, 0.2) is 0 Å². The average molecular weight is 252 g/mol. The first-order valence-corrected chi connectivity index (χ1v) is 6.26. The molecular weight excluding hydrogens is 235 g/mol. The maximum Gasteiger partial charge on any atom is 0.335 e. The Kier molecular flexibility index (Phi) is 4.31. The molecule has 0 bridgehead atoms. The third kappa shape index (κ3) is 3.29. The largest absolute Gasteiger partial charge is 0.478 e. The van der Waals surface area contributed by atoms with Crippen LogP contribution < -0.4 is 0 Å². The van der Waals surface area contributed by atoms with Gasteiger partial charge in [-0.1, -0.05) is 19.3 Å². The van der Waals surface area contributed by atoms with E-state index in [0.717, 1.165) is 12.3 Å². The molecule has 1 aliphatic carbocycles. The monoisotopic (exact) mass is 252 g/mol. The molecular formula is C14H17FO3. The van der Waals surface area contributed by atoms with Gasteiger partial charge in [-0.25, -0.2) is 9.18 Å². The number of carboxylic acid groups (broad SMARTS) is 1. The number of rotatable bonds is 6. The molecule has 0 aromatic heterocycles. The highest BCUT2D eigenvalue weighted by Gasteiger charge is 2.16. The molecule has 1 fully saturated rings. The quantitative estimate of drug-likeness (QED) is 0.791. The van der Waals surface area contributed by atoms with Crippen LogP contribution in [0.2, 0.25) is 0 Å². The zero-order valence-corrected chi connectivity index (χ0v) is 10.2. The predicted molar refractivity (Wildman–Crippen MR) is 65.0 cm³/mol. The van der Waals surface area contributed by atoms with Crippen LogP contribution in [0, 0.1) is 11.7 Å². The molecule has 4 heteroatoms. The lowest BCUT2D eigenvalue weighted by molar-refractivity contribution is 0.0695. The van der Waals surface area contributed by atoms with E-state index in [1.54, 1.807) is 0 Å². The fourth-order valence-electron chi connectivity index (χ4n) is 2.03. The summed E-state index contributed by atoms with van der Waals surface area (Å²) in [6.45, 7) is 0.751. The first-order chi connectivity index (χ1) is 8.66. The molecule has 3 nitrogen and oxygen atoms in total. The van der Waals surface area contributed by atoms with Crippen molar-refractivity contribution >= 4 is 5.97 Å². The van der Waals surface area contributed by atoms with E-state index in [-0.39, 0.29) is 12.2 Å². The van der Waals surface area contributed by atoms with Crippen molar-refractivity contribution < 1.29 is 19.0 Å². The summed E-state index contributed by atoms with van der Waals surface area (Å²) in [5, 5.41) is 8.82. The van der Waals surface area contributed by atoms with Crippen molar-refractivity contribution in [3.63, 3.8) is 0 Å². The molecule has 0 atom stereocenters. The Morgan fingerprint density at radius 2 is 2.22 bits per heavy atom. The zero-order chi connectivity index (χ0) is 13.0. The Bertz CT molecular complexity index is 427. The topological polar surface area (TPSA) is 46.5 Å². The second-order valence-corrected chi connectivity index (χ2v) is 4.75. The van der Waals surface area contributed by atoms with Gasteiger partial charge >= 0.3 is 5.97 Å². The van der Waals surface area contributed by atoms with E-state index in [2.05, 4.69) is 0 Å². The Hall–Kier alpha value is -1.42. The van der Waals surface area contributed by atoms with Crippen LogP contribution >= 0.6 is 0 Å². The van der Waals surface area contributed by atoms with Gasteiger partial charge in [-0.05, 0) is 30.5 Å². The van der Waals surface area contributed by atoms with Crippen molar-refractivity contribution in [1.82, 2.24) is 0 Å². The fourth-order valence-corrected chi connectivity index (χ4v) is 2.03. The first kappa shape index (κ1) is 13.0. The van der Waals surface area contributed by atoms with Crippen LogP contribution in [0.5, 0.6) is 0 Å². The number of ether oxygens (including phenoxy) is 1.